The number of ether oxygens (including phenoxy) is 1. The molecule has 0 unspecified atom stereocenters. The molecule has 0 atom stereocenters. The molecule has 0 aliphatic heterocycles. The number of aromatic nitrogens is 2. The van der Waals surface area contributed by atoms with Gasteiger partial charge in [-0.1, -0.05) is 6.07 Å². The van der Waals surface area contributed by atoms with Crippen LogP contribution >= 0.6 is 0 Å². The SMILES string of the molecule is CC1=CC(=Nc2c(OCCN(C)C)nn3ccccc23)C(N)=CC1=O. The maximum Gasteiger partial charge on any atom is 0.260 e. The van der Waals surface area contributed by atoms with Crippen molar-refractivity contribution in [3.8, 4) is 5.88 Å². The minimum Gasteiger partial charge on any atom is -0.474 e. The van der Waals surface area contributed by atoms with Crippen LogP contribution in [0.5, 0.6) is 5.88 Å². The summed E-state index contributed by atoms with van der Waals surface area (Å²) >= 11 is 0. The van der Waals surface area contributed by atoms with Crippen LogP contribution in [0.2, 0.25) is 0 Å². The van der Waals surface area contributed by atoms with Gasteiger partial charge in [-0.2, -0.15) is 0 Å². The average Bonchev–Trinajstić information content (AvgIpc) is 2.90. The lowest BCUT2D eigenvalue weighted by Crippen LogP contribution is -2.19. The van der Waals surface area contributed by atoms with Gasteiger partial charge in [0.2, 0.25) is 0 Å². The summed E-state index contributed by atoms with van der Waals surface area (Å²) in [5.41, 5.74) is 8.85. The van der Waals surface area contributed by atoms with E-state index in [-0.39, 0.29) is 5.78 Å². The molecule has 7 nitrogen and oxygen atoms in total. The zero-order valence-corrected chi connectivity index (χ0v) is 14.6. The van der Waals surface area contributed by atoms with E-state index in [0.29, 0.717) is 35.2 Å². The fraction of sp³-hybridized carbons (Fsp3) is 0.278. The molecular weight excluding hydrogens is 318 g/mol. The highest BCUT2D eigenvalue weighted by molar-refractivity contribution is 6.22. The van der Waals surface area contributed by atoms with Crippen LogP contribution in [0, 0.1) is 0 Å². The van der Waals surface area contributed by atoms with Gasteiger partial charge in [-0.05, 0) is 44.8 Å². The smallest absolute Gasteiger partial charge is 0.260 e. The Bertz CT molecular complexity index is 905. The Morgan fingerprint density at radius 2 is 2.12 bits per heavy atom. The summed E-state index contributed by atoms with van der Waals surface area (Å²) < 4.78 is 7.55. The number of nitrogens with zero attached hydrogens (tertiary/aromatic N) is 4. The third-order valence-corrected chi connectivity index (χ3v) is 3.82. The summed E-state index contributed by atoms with van der Waals surface area (Å²) in [6.45, 7) is 3.00. The Morgan fingerprint density at radius 1 is 1.32 bits per heavy atom. The first kappa shape index (κ1) is 16.9. The second-order valence-electron chi connectivity index (χ2n) is 6.12. The number of hydrogen-bond donors (Lipinski definition) is 1. The highest BCUT2D eigenvalue weighted by atomic mass is 16.5. The maximum absolute atomic E-state index is 11.7. The average molecular weight is 339 g/mol. The van der Waals surface area contributed by atoms with Gasteiger partial charge in [0.05, 0.1) is 16.9 Å². The highest BCUT2D eigenvalue weighted by Crippen LogP contribution is 2.32. The Kier molecular flexibility index (Phi) is 4.67. The lowest BCUT2D eigenvalue weighted by Gasteiger charge is -2.11. The van der Waals surface area contributed by atoms with Gasteiger partial charge >= 0.3 is 0 Å². The summed E-state index contributed by atoms with van der Waals surface area (Å²) in [5, 5.41) is 4.45. The number of rotatable bonds is 5. The van der Waals surface area contributed by atoms with Crippen molar-refractivity contribution in [3.05, 3.63) is 47.8 Å². The van der Waals surface area contributed by atoms with E-state index in [1.54, 1.807) is 17.5 Å². The van der Waals surface area contributed by atoms with E-state index in [2.05, 4.69) is 10.1 Å². The highest BCUT2D eigenvalue weighted by Gasteiger charge is 2.18. The molecule has 0 amide bonds. The number of nitrogens with two attached hydrogens (primary N) is 1. The monoisotopic (exact) mass is 339 g/mol. The predicted molar refractivity (Wildman–Crippen MR) is 97.4 cm³/mol. The molecule has 0 radical (unpaired) electrons. The van der Waals surface area contributed by atoms with E-state index >= 15 is 0 Å². The van der Waals surface area contributed by atoms with Gasteiger partial charge in [0.15, 0.2) is 11.5 Å². The zero-order chi connectivity index (χ0) is 18.0. The van der Waals surface area contributed by atoms with Crippen molar-refractivity contribution in [2.45, 2.75) is 6.92 Å². The third-order valence-electron chi connectivity index (χ3n) is 3.82. The fourth-order valence-electron chi connectivity index (χ4n) is 2.40. The van der Waals surface area contributed by atoms with Gasteiger partial charge in [0.25, 0.3) is 5.88 Å². The first-order valence-corrected chi connectivity index (χ1v) is 7.99. The van der Waals surface area contributed by atoms with Gasteiger partial charge in [0.1, 0.15) is 6.61 Å². The number of pyridine rings is 1. The predicted octanol–water partition coefficient (Wildman–Crippen LogP) is 1.72. The van der Waals surface area contributed by atoms with Crippen molar-refractivity contribution in [2.75, 3.05) is 27.2 Å². The molecule has 3 rings (SSSR count). The van der Waals surface area contributed by atoms with Crippen LogP contribution < -0.4 is 10.5 Å². The Labute approximate surface area is 146 Å². The lowest BCUT2D eigenvalue weighted by atomic mass is 10.0. The van der Waals surface area contributed by atoms with E-state index < -0.39 is 0 Å². The Morgan fingerprint density at radius 3 is 2.88 bits per heavy atom. The lowest BCUT2D eigenvalue weighted by molar-refractivity contribution is -0.111. The third kappa shape index (κ3) is 3.61. The van der Waals surface area contributed by atoms with E-state index in [1.807, 2.05) is 43.4 Å². The number of aliphatic imine (C=N–C) groups is 1. The molecular formula is C18H21N5O2. The zero-order valence-electron chi connectivity index (χ0n) is 14.6. The van der Waals surface area contributed by atoms with Gasteiger partial charge < -0.3 is 15.4 Å². The molecule has 7 heteroatoms. The molecule has 0 bridgehead atoms. The van der Waals surface area contributed by atoms with Gasteiger partial charge in [0, 0.05) is 18.8 Å². The topological polar surface area (TPSA) is 85.2 Å². The van der Waals surface area contributed by atoms with Crippen LogP contribution in [0.15, 0.2) is 52.8 Å². The van der Waals surface area contributed by atoms with E-state index in [1.165, 1.54) is 6.08 Å². The van der Waals surface area contributed by atoms with Crippen molar-refractivity contribution in [3.63, 3.8) is 0 Å². The molecule has 2 N–H and O–H groups in total. The number of allylic oxidation sites excluding steroid dienone is 3. The standard InChI is InChI=1S/C18H21N5O2/c1-12-10-14(13(19)11-16(12)24)20-17-15-6-4-5-7-23(15)21-18(17)25-9-8-22(2)3/h4-7,10-11H,8-9,19H2,1-3H3. The van der Waals surface area contributed by atoms with Crippen LogP contribution in [-0.2, 0) is 4.79 Å². The van der Waals surface area contributed by atoms with E-state index in [9.17, 15) is 4.79 Å². The molecule has 1 aliphatic rings. The summed E-state index contributed by atoms with van der Waals surface area (Å²) in [4.78, 5) is 18.4. The largest absolute Gasteiger partial charge is 0.474 e. The first-order chi connectivity index (χ1) is 12.0. The molecule has 1 aliphatic carbocycles. The molecule has 0 fully saturated rings. The van der Waals surface area contributed by atoms with E-state index in [0.717, 1.165) is 12.1 Å². The number of carbonyl (C=O) groups is 1. The molecule has 130 valence electrons. The number of ketones is 1. The normalized spacial score (nSPS) is 16.5. The van der Waals surface area contributed by atoms with Crippen molar-refractivity contribution < 1.29 is 9.53 Å². The van der Waals surface area contributed by atoms with Crippen molar-refractivity contribution in [1.82, 2.24) is 14.5 Å². The van der Waals surface area contributed by atoms with Gasteiger partial charge in [-0.15, -0.1) is 5.10 Å². The second-order valence-corrected chi connectivity index (χ2v) is 6.12. The minimum absolute atomic E-state index is 0.0984. The molecule has 25 heavy (non-hydrogen) atoms. The van der Waals surface area contributed by atoms with Gasteiger partial charge in [-0.25, -0.2) is 9.51 Å². The number of carbonyl (C=O) groups excluding carboxylic acids is 1. The van der Waals surface area contributed by atoms with Crippen molar-refractivity contribution in [1.29, 1.82) is 0 Å². The Balaban J connectivity index is 2.03. The van der Waals surface area contributed by atoms with Crippen LogP contribution in [-0.4, -0.2) is 53.3 Å². The molecule has 0 saturated carbocycles. The molecule has 2 aromatic rings. The fourth-order valence-corrected chi connectivity index (χ4v) is 2.40. The number of hydrogen-bond acceptors (Lipinski definition) is 6. The summed E-state index contributed by atoms with van der Waals surface area (Å²) in [6.07, 6.45) is 4.92. The molecule has 0 spiro atoms. The quantitative estimate of drug-likeness (QED) is 0.839. The summed E-state index contributed by atoms with van der Waals surface area (Å²) in [7, 11) is 3.96. The molecule has 2 aromatic heterocycles. The van der Waals surface area contributed by atoms with E-state index in [4.69, 9.17) is 10.5 Å². The van der Waals surface area contributed by atoms with Crippen LogP contribution in [0.1, 0.15) is 6.92 Å². The summed E-state index contributed by atoms with van der Waals surface area (Å²) in [6, 6.07) is 5.71. The van der Waals surface area contributed by atoms with Crippen LogP contribution in [0.3, 0.4) is 0 Å². The van der Waals surface area contributed by atoms with Crippen LogP contribution in [0.25, 0.3) is 5.52 Å². The minimum atomic E-state index is -0.0984. The van der Waals surface area contributed by atoms with Crippen molar-refractivity contribution in [2.24, 2.45) is 10.7 Å². The molecule has 2 heterocycles. The van der Waals surface area contributed by atoms with Crippen LogP contribution in [0.4, 0.5) is 5.69 Å². The Hall–Kier alpha value is -2.93. The van der Waals surface area contributed by atoms with Gasteiger partial charge in [-0.3, -0.25) is 4.79 Å². The second kappa shape index (κ2) is 6.90. The number of fused-ring (bicyclic) bond motifs is 1. The van der Waals surface area contributed by atoms with Crippen molar-refractivity contribution >= 4 is 22.7 Å². The first-order valence-electron chi connectivity index (χ1n) is 7.99. The molecule has 0 aromatic carbocycles. The summed E-state index contributed by atoms with van der Waals surface area (Å²) in [5.74, 6) is 0.343. The number of likely N-dealkylation sites (N-methyl/N-ethyl adjacent to an activating group) is 1. The molecule has 0 saturated heterocycles. The maximum atomic E-state index is 11.7.